The minimum atomic E-state index is -1.08. The van der Waals surface area contributed by atoms with Gasteiger partial charge in [0, 0.05) is 25.2 Å². The van der Waals surface area contributed by atoms with Crippen LogP contribution in [0.1, 0.15) is 0 Å². The van der Waals surface area contributed by atoms with Crippen LogP contribution in [0.4, 0.5) is 9.80 Å². The average Bonchev–Trinajstić information content (AvgIpc) is 2.76. The fourth-order valence-corrected chi connectivity index (χ4v) is 1.43. The molecule has 1 aromatic heterocycles. The third-order valence-corrected chi connectivity index (χ3v) is 2.35. The lowest BCUT2D eigenvalue weighted by atomic mass is 10.5. The van der Waals surface area contributed by atoms with E-state index in [0.29, 0.717) is 5.00 Å². The van der Waals surface area contributed by atoms with Crippen LogP contribution in [0, 0.1) is 0 Å². The Morgan fingerprint density at radius 2 is 2.41 bits per heavy atom. The van der Waals surface area contributed by atoms with Crippen LogP contribution in [-0.4, -0.2) is 58.4 Å². The SMILES string of the molecule is COCCN(CC(=O)O)C(=O)Nc1cnns1. The Morgan fingerprint density at radius 1 is 1.65 bits per heavy atom. The van der Waals surface area contributed by atoms with Crippen LogP contribution in [0.15, 0.2) is 6.20 Å². The summed E-state index contributed by atoms with van der Waals surface area (Å²) in [5, 5.41) is 15.2. The van der Waals surface area contributed by atoms with Crippen LogP contribution < -0.4 is 5.32 Å². The van der Waals surface area contributed by atoms with Crippen LogP contribution in [-0.2, 0) is 9.53 Å². The first-order chi connectivity index (χ1) is 8.13. The predicted molar refractivity (Wildman–Crippen MR) is 60.0 cm³/mol. The van der Waals surface area contributed by atoms with Gasteiger partial charge in [-0.1, -0.05) is 4.49 Å². The molecule has 9 heteroatoms. The monoisotopic (exact) mass is 260 g/mol. The Kier molecular flexibility index (Phi) is 5.30. The number of aliphatic carboxylic acids is 1. The van der Waals surface area contributed by atoms with Crippen LogP contribution in [0.5, 0.6) is 0 Å². The van der Waals surface area contributed by atoms with E-state index in [2.05, 4.69) is 14.9 Å². The minimum Gasteiger partial charge on any atom is -0.480 e. The molecule has 1 aromatic rings. The van der Waals surface area contributed by atoms with Crippen molar-refractivity contribution in [2.75, 3.05) is 32.1 Å². The molecule has 2 amide bonds. The molecule has 0 aliphatic carbocycles. The summed E-state index contributed by atoms with van der Waals surface area (Å²) < 4.78 is 8.38. The average molecular weight is 260 g/mol. The first-order valence-corrected chi connectivity index (χ1v) is 5.45. The Morgan fingerprint density at radius 3 is 2.94 bits per heavy atom. The Labute approximate surface area is 101 Å². The quantitative estimate of drug-likeness (QED) is 0.751. The highest BCUT2D eigenvalue weighted by atomic mass is 32.1. The first-order valence-electron chi connectivity index (χ1n) is 4.67. The summed E-state index contributed by atoms with van der Waals surface area (Å²) >= 11 is 1.01. The number of ether oxygens (including phenoxy) is 1. The molecule has 94 valence electrons. The topological polar surface area (TPSA) is 105 Å². The number of nitrogens with one attached hydrogen (secondary N) is 1. The number of carboxylic acid groups (broad SMARTS) is 1. The van der Waals surface area contributed by atoms with Gasteiger partial charge < -0.3 is 14.7 Å². The third-order valence-electron chi connectivity index (χ3n) is 1.77. The van der Waals surface area contributed by atoms with Crippen LogP contribution >= 0.6 is 11.5 Å². The van der Waals surface area contributed by atoms with Crippen molar-refractivity contribution in [3.63, 3.8) is 0 Å². The number of nitrogens with zero attached hydrogens (tertiary/aromatic N) is 3. The van der Waals surface area contributed by atoms with Gasteiger partial charge in [0.25, 0.3) is 0 Å². The number of hydrogen-bond acceptors (Lipinski definition) is 6. The summed E-state index contributed by atoms with van der Waals surface area (Å²) in [6.07, 6.45) is 1.39. The molecule has 1 rings (SSSR count). The standard InChI is InChI=1S/C8H12N4O4S/c1-16-3-2-12(5-7(13)14)8(15)10-6-4-9-11-17-6/h4H,2-3,5H2,1H3,(H,10,15)(H,13,14). The smallest absolute Gasteiger partial charge is 0.323 e. The molecule has 2 N–H and O–H groups in total. The van der Waals surface area contributed by atoms with E-state index >= 15 is 0 Å². The zero-order valence-corrected chi connectivity index (χ0v) is 9.94. The highest BCUT2D eigenvalue weighted by Crippen LogP contribution is 2.10. The largest absolute Gasteiger partial charge is 0.480 e. The number of carbonyl (C=O) groups is 2. The lowest BCUT2D eigenvalue weighted by Gasteiger charge is -2.19. The van der Waals surface area contributed by atoms with Gasteiger partial charge in [-0.25, -0.2) is 4.79 Å². The van der Waals surface area contributed by atoms with E-state index in [0.717, 1.165) is 16.4 Å². The normalized spacial score (nSPS) is 9.94. The second-order valence-corrected chi connectivity index (χ2v) is 3.81. The van der Waals surface area contributed by atoms with Gasteiger partial charge in [-0.05, 0) is 0 Å². The van der Waals surface area contributed by atoms with Gasteiger partial charge in [0.05, 0.1) is 12.8 Å². The molecular weight excluding hydrogens is 248 g/mol. The zero-order chi connectivity index (χ0) is 12.7. The minimum absolute atomic E-state index is 0.195. The number of amides is 2. The molecule has 0 unspecified atom stereocenters. The van der Waals surface area contributed by atoms with Crippen molar-refractivity contribution < 1.29 is 19.4 Å². The lowest BCUT2D eigenvalue weighted by Crippen LogP contribution is -2.40. The summed E-state index contributed by atoms with van der Waals surface area (Å²) in [6.45, 7) is 0.0733. The van der Waals surface area contributed by atoms with Crippen molar-refractivity contribution in [1.29, 1.82) is 0 Å². The summed E-state index contributed by atoms with van der Waals surface area (Å²) in [4.78, 5) is 23.4. The lowest BCUT2D eigenvalue weighted by molar-refractivity contribution is -0.137. The van der Waals surface area contributed by atoms with Crippen LogP contribution in [0.3, 0.4) is 0 Å². The number of rotatable bonds is 6. The highest BCUT2D eigenvalue weighted by molar-refractivity contribution is 7.10. The summed E-state index contributed by atoms with van der Waals surface area (Å²) in [6, 6.07) is -0.518. The zero-order valence-electron chi connectivity index (χ0n) is 9.12. The third kappa shape index (κ3) is 4.74. The fourth-order valence-electron chi connectivity index (χ4n) is 1.02. The number of aromatic nitrogens is 2. The van der Waals surface area contributed by atoms with E-state index in [1.165, 1.54) is 13.3 Å². The molecule has 8 nitrogen and oxygen atoms in total. The number of hydrogen-bond donors (Lipinski definition) is 2. The van der Waals surface area contributed by atoms with Gasteiger partial charge in [-0.15, -0.1) is 5.10 Å². The molecule has 0 spiro atoms. The van der Waals surface area contributed by atoms with Gasteiger partial charge in [0.15, 0.2) is 0 Å². The first kappa shape index (κ1) is 13.3. The molecule has 0 saturated carbocycles. The Bertz CT molecular complexity index is 370. The second kappa shape index (κ2) is 6.76. The van der Waals surface area contributed by atoms with E-state index in [1.807, 2.05) is 0 Å². The molecule has 0 atom stereocenters. The molecule has 0 fully saturated rings. The molecule has 0 aromatic carbocycles. The summed E-state index contributed by atoms with van der Waals surface area (Å²) in [7, 11) is 1.48. The van der Waals surface area contributed by atoms with Crippen LogP contribution in [0.25, 0.3) is 0 Å². The number of anilines is 1. The van der Waals surface area contributed by atoms with Crippen molar-refractivity contribution >= 4 is 28.5 Å². The summed E-state index contributed by atoms with van der Waals surface area (Å²) in [5.74, 6) is -1.08. The number of carboxylic acids is 1. The van der Waals surface area contributed by atoms with Crippen molar-refractivity contribution in [2.45, 2.75) is 0 Å². The molecule has 0 aliphatic heterocycles. The maximum atomic E-state index is 11.7. The van der Waals surface area contributed by atoms with Crippen LogP contribution in [0.2, 0.25) is 0 Å². The molecule has 1 heterocycles. The molecule has 17 heavy (non-hydrogen) atoms. The molecular formula is C8H12N4O4S. The Hall–Kier alpha value is -1.74. The van der Waals surface area contributed by atoms with E-state index in [1.54, 1.807) is 0 Å². The fraction of sp³-hybridized carbons (Fsp3) is 0.500. The van der Waals surface area contributed by atoms with Crippen molar-refractivity contribution in [3.8, 4) is 0 Å². The molecule has 0 radical (unpaired) electrons. The molecule has 0 bridgehead atoms. The number of carbonyl (C=O) groups excluding carboxylic acids is 1. The van der Waals surface area contributed by atoms with Crippen molar-refractivity contribution in [1.82, 2.24) is 14.5 Å². The highest BCUT2D eigenvalue weighted by Gasteiger charge is 2.17. The Balaban J connectivity index is 2.55. The van der Waals surface area contributed by atoms with E-state index in [4.69, 9.17) is 9.84 Å². The maximum absolute atomic E-state index is 11.7. The van der Waals surface area contributed by atoms with Gasteiger partial charge in [-0.3, -0.25) is 10.1 Å². The van der Waals surface area contributed by atoms with Gasteiger partial charge in [0.1, 0.15) is 11.5 Å². The maximum Gasteiger partial charge on any atom is 0.323 e. The van der Waals surface area contributed by atoms with E-state index in [-0.39, 0.29) is 19.7 Å². The van der Waals surface area contributed by atoms with Gasteiger partial charge in [0.2, 0.25) is 0 Å². The number of urea groups is 1. The van der Waals surface area contributed by atoms with Crippen molar-refractivity contribution in [2.24, 2.45) is 0 Å². The molecule has 0 saturated heterocycles. The van der Waals surface area contributed by atoms with E-state index in [9.17, 15) is 9.59 Å². The van der Waals surface area contributed by atoms with Gasteiger partial charge >= 0.3 is 12.0 Å². The van der Waals surface area contributed by atoms with Gasteiger partial charge in [-0.2, -0.15) is 0 Å². The van der Waals surface area contributed by atoms with Crippen molar-refractivity contribution in [3.05, 3.63) is 6.20 Å². The second-order valence-electron chi connectivity index (χ2n) is 3.02. The summed E-state index contributed by atoms with van der Waals surface area (Å²) in [5.41, 5.74) is 0. The number of methoxy groups -OCH3 is 1. The predicted octanol–water partition coefficient (Wildman–Crippen LogP) is 0.103. The van der Waals surface area contributed by atoms with E-state index < -0.39 is 12.0 Å². The molecule has 0 aliphatic rings.